The first-order chi connectivity index (χ1) is 16.0. The molecule has 1 N–H and O–H groups in total. The maximum atomic E-state index is 13.3. The van der Waals surface area contributed by atoms with Crippen molar-refractivity contribution in [1.29, 1.82) is 0 Å². The average molecular weight is 481 g/mol. The van der Waals surface area contributed by atoms with Crippen molar-refractivity contribution in [3.8, 4) is 0 Å². The van der Waals surface area contributed by atoms with Gasteiger partial charge in [0, 0.05) is 12.2 Å². The summed E-state index contributed by atoms with van der Waals surface area (Å²) in [6, 6.07) is 11.6. The fourth-order valence-electron chi connectivity index (χ4n) is 4.15. The SMILES string of the molecule is O=C1/C(=C\c2c(NC3CCCC3)nc3ccccn3c2=O)SC(=S)N1Cc1ccc(F)cc1. The molecule has 0 radical (unpaired) electrons. The molecule has 6 nitrogen and oxygen atoms in total. The molecule has 2 aromatic heterocycles. The Morgan fingerprint density at radius 3 is 2.67 bits per heavy atom. The fourth-order valence-corrected chi connectivity index (χ4v) is 5.38. The second-order valence-corrected chi connectivity index (χ2v) is 9.80. The van der Waals surface area contributed by atoms with Gasteiger partial charge >= 0.3 is 0 Å². The summed E-state index contributed by atoms with van der Waals surface area (Å²) < 4.78 is 15.1. The minimum atomic E-state index is -0.337. The molecule has 0 bridgehead atoms. The number of nitrogens with one attached hydrogen (secondary N) is 1. The molecule has 33 heavy (non-hydrogen) atoms. The van der Waals surface area contributed by atoms with E-state index in [1.165, 1.54) is 21.4 Å². The van der Waals surface area contributed by atoms with Crippen molar-refractivity contribution < 1.29 is 9.18 Å². The Kier molecular flexibility index (Phi) is 5.99. The molecule has 0 spiro atoms. The van der Waals surface area contributed by atoms with Gasteiger partial charge in [-0.05, 0) is 48.7 Å². The van der Waals surface area contributed by atoms with Gasteiger partial charge in [-0.1, -0.05) is 55.0 Å². The zero-order chi connectivity index (χ0) is 22.9. The highest BCUT2D eigenvalue weighted by molar-refractivity contribution is 8.26. The second kappa shape index (κ2) is 9.07. The van der Waals surface area contributed by atoms with Crippen molar-refractivity contribution in [3.63, 3.8) is 0 Å². The number of hydrogen-bond donors (Lipinski definition) is 1. The molecule has 9 heteroatoms. The number of halogens is 1. The Bertz CT molecular complexity index is 1330. The molecule has 3 heterocycles. The lowest BCUT2D eigenvalue weighted by Crippen LogP contribution is -2.27. The van der Waals surface area contributed by atoms with E-state index in [-0.39, 0.29) is 29.9 Å². The minimum Gasteiger partial charge on any atom is -0.367 e. The van der Waals surface area contributed by atoms with Crippen molar-refractivity contribution in [2.24, 2.45) is 0 Å². The van der Waals surface area contributed by atoms with E-state index in [1.807, 2.05) is 6.07 Å². The van der Waals surface area contributed by atoms with E-state index in [0.717, 1.165) is 43.0 Å². The number of anilines is 1. The van der Waals surface area contributed by atoms with Gasteiger partial charge < -0.3 is 5.32 Å². The van der Waals surface area contributed by atoms with Gasteiger partial charge in [0.05, 0.1) is 17.0 Å². The summed E-state index contributed by atoms with van der Waals surface area (Å²) in [6.45, 7) is 0.240. The summed E-state index contributed by atoms with van der Waals surface area (Å²) in [5.41, 5.74) is 1.41. The van der Waals surface area contributed by atoms with Crippen LogP contribution in [0.1, 0.15) is 36.8 Å². The monoisotopic (exact) mass is 480 g/mol. The molecule has 0 atom stereocenters. The van der Waals surface area contributed by atoms with Crippen LogP contribution in [0.25, 0.3) is 11.7 Å². The number of amides is 1. The third-order valence-electron chi connectivity index (χ3n) is 5.87. The molecule has 1 saturated heterocycles. The summed E-state index contributed by atoms with van der Waals surface area (Å²) >= 11 is 6.59. The van der Waals surface area contributed by atoms with Crippen LogP contribution >= 0.6 is 24.0 Å². The van der Waals surface area contributed by atoms with Crippen LogP contribution in [0.5, 0.6) is 0 Å². The lowest BCUT2D eigenvalue weighted by molar-refractivity contribution is -0.122. The third-order valence-corrected chi connectivity index (χ3v) is 7.25. The summed E-state index contributed by atoms with van der Waals surface area (Å²) in [7, 11) is 0. The number of rotatable bonds is 5. The highest BCUT2D eigenvalue weighted by Gasteiger charge is 2.33. The first kappa shape index (κ1) is 21.8. The molecule has 5 rings (SSSR count). The number of pyridine rings is 1. The van der Waals surface area contributed by atoms with Crippen molar-refractivity contribution >= 4 is 51.7 Å². The van der Waals surface area contributed by atoms with E-state index >= 15 is 0 Å². The highest BCUT2D eigenvalue weighted by Crippen LogP contribution is 2.34. The van der Waals surface area contributed by atoms with E-state index in [9.17, 15) is 14.0 Å². The lowest BCUT2D eigenvalue weighted by atomic mass is 10.2. The molecule has 0 unspecified atom stereocenters. The van der Waals surface area contributed by atoms with E-state index in [1.54, 1.807) is 36.5 Å². The number of carbonyl (C=O) groups excluding carboxylic acids is 1. The number of thiocarbonyl (C=S) groups is 1. The Balaban J connectivity index is 1.51. The Morgan fingerprint density at radius 2 is 1.91 bits per heavy atom. The number of hydrogen-bond acceptors (Lipinski definition) is 6. The van der Waals surface area contributed by atoms with Crippen LogP contribution in [0.4, 0.5) is 10.2 Å². The van der Waals surface area contributed by atoms with Gasteiger partial charge in [0.15, 0.2) is 0 Å². The topological polar surface area (TPSA) is 66.7 Å². The minimum absolute atomic E-state index is 0.240. The second-order valence-electron chi connectivity index (χ2n) is 8.13. The molecule has 2 fully saturated rings. The van der Waals surface area contributed by atoms with Gasteiger partial charge in [0.1, 0.15) is 21.6 Å². The highest BCUT2D eigenvalue weighted by atomic mass is 32.2. The molecule has 1 saturated carbocycles. The first-order valence-electron chi connectivity index (χ1n) is 10.8. The summed E-state index contributed by atoms with van der Waals surface area (Å²) in [5, 5.41) is 3.43. The molecule has 1 aliphatic heterocycles. The van der Waals surface area contributed by atoms with Crippen LogP contribution < -0.4 is 10.9 Å². The quantitative estimate of drug-likeness (QED) is 0.426. The third kappa shape index (κ3) is 4.43. The van der Waals surface area contributed by atoms with Gasteiger partial charge in [0.2, 0.25) is 0 Å². The number of aromatic nitrogens is 2. The van der Waals surface area contributed by atoms with E-state index in [0.29, 0.717) is 26.3 Å². The first-order valence-corrected chi connectivity index (χ1v) is 12.0. The van der Waals surface area contributed by atoms with Gasteiger partial charge in [-0.2, -0.15) is 0 Å². The normalized spacial score (nSPS) is 18.1. The molecule has 2 aliphatic rings. The molecular formula is C24H21FN4O2S2. The molecule has 1 amide bonds. The van der Waals surface area contributed by atoms with Gasteiger partial charge in [-0.15, -0.1) is 0 Å². The van der Waals surface area contributed by atoms with E-state index in [4.69, 9.17) is 12.2 Å². The average Bonchev–Trinajstić information content (AvgIpc) is 3.41. The van der Waals surface area contributed by atoms with Gasteiger partial charge in [-0.3, -0.25) is 18.9 Å². The zero-order valence-electron chi connectivity index (χ0n) is 17.7. The smallest absolute Gasteiger partial charge is 0.267 e. The molecule has 3 aromatic rings. The largest absolute Gasteiger partial charge is 0.367 e. The Hall–Kier alpha value is -3.04. The molecule has 168 valence electrons. The number of fused-ring (bicyclic) bond motifs is 1. The molecule has 1 aromatic carbocycles. The maximum absolute atomic E-state index is 13.3. The zero-order valence-corrected chi connectivity index (χ0v) is 19.3. The van der Waals surface area contributed by atoms with Gasteiger partial charge in [0.25, 0.3) is 11.5 Å². The van der Waals surface area contributed by atoms with Crippen LogP contribution in [0.15, 0.2) is 58.4 Å². The summed E-state index contributed by atoms with van der Waals surface area (Å²) in [5.74, 6) is -0.129. The van der Waals surface area contributed by atoms with Crippen LogP contribution in [-0.2, 0) is 11.3 Å². The van der Waals surface area contributed by atoms with Crippen molar-refractivity contribution in [2.75, 3.05) is 5.32 Å². The van der Waals surface area contributed by atoms with Crippen molar-refractivity contribution in [3.05, 3.63) is 80.9 Å². The van der Waals surface area contributed by atoms with Crippen LogP contribution in [0, 0.1) is 5.82 Å². The van der Waals surface area contributed by atoms with E-state index in [2.05, 4.69) is 10.3 Å². The van der Waals surface area contributed by atoms with E-state index < -0.39 is 0 Å². The number of benzene rings is 1. The van der Waals surface area contributed by atoms with Gasteiger partial charge in [-0.25, -0.2) is 9.37 Å². The van der Waals surface area contributed by atoms with Crippen LogP contribution in [-0.4, -0.2) is 30.6 Å². The number of carbonyl (C=O) groups is 1. The summed E-state index contributed by atoms with van der Waals surface area (Å²) in [6.07, 6.45) is 7.59. The van der Waals surface area contributed by atoms with Crippen molar-refractivity contribution in [2.45, 2.75) is 38.3 Å². The predicted octanol–water partition coefficient (Wildman–Crippen LogP) is 4.59. The molecule has 1 aliphatic carbocycles. The Labute approximate surface area is 199 Å². The predicted molar refractivity (Wildman–Crippen MR) is 132 cm³/mol. The fraction of sp³-hybridized carbons (Fsp3) is 0.250. The lowest BCUT2D eigenvalue weighted by Gasteiger charge is -2.16. The van der Waals surface area contributed by atoms with Crippen LogP contribution in [0.2, 0.25) is 0 Å². The number of thioether (sulfide) groups is 1. The standard InChI is InChI=1S/C24H21FN4O2S2/c25-16-10-8-15(9-11-16)14-29-23(31)19(33-24(29)32)13-18-21(26-17-5-1-2-6-17)27-20-7-3-4-12-28(20)22(18)30/h3-4,7-13,17,26H,1-2,5-6,14H2/b19-13+. The maximum Gasteiger partial charge on any atom is 0.267 e. The Morgan fingerprint density at radius 1 is 1.15 bits per heavy atom. The van der Waals surface area contributed by atoms with Crippen molar-refractivity contribution in [1.82, 2.24) is 14.3 Å². The number of nitrogens with zero attached hydrogens (tertiary/aromatic N) is 3. The summed E-state index contributed by atoms with van der Waals surface area (Å²) in [4.78, 5) is 33.0. The van der Waals surface area contributed by atoms with Crippen LogP contribution in [0.3, 0.4) is 0 Å². The molecular weight excluding hydrogens is 459 g/mol.